The van der Waals surface area contributed by atoms with Crippen LogP contribution in [0.25, 0.3) is 0 Å². The zero-order chi connectivity index (χ0) is 32.0. The van der Waals surface area contributed by atoms with E-state index in [2.05, 4.69) is 60.6 Å². The predicted molar refractivity (Wildman–Crippen MR) is 176 cm³/mol. The molecule has 1 unspecified atom stereocenters. The van der Waals surface area contributed by atoms with Gasteiger partial charge in [-0.1, -0.05) is 60.6 Å². The van der Waals surface area contributed by atoms with Crippen molar-refractivity contribution in [1.82, 2.24) is 0 Å². The van der Waals surface area contributed by atoms with E-state index < -0.39 is 5.41 Å². The van der Waals surface area contributed by atoms with Crippen molar-refractivity contribution in [3.05, 3.63) is 34.4 Å². The minimum atomic E-state index is -0.781. The van der Waals surface area contributed by atoms with Gasteiger partial charge in [-0.3, -0.25) is 14.4 Å². The Morgan fingerprint density at radius 3 is 2.30 bits per heavy atom. The Labute approximate surface area is 270 Å². The van der Waals surface area contributed by atoms with Crippen molar-refractivity contribution < 1.29 is 19.1 Å². The van der Waals surface area contributed by atoms with Gasteiger partial charge in [0.1, 0.15) is 0 Å². The van der Waals surface area contributed by atoms with Gasteiger partial charge in [-0.15, -0.1) is 0 Å². The second-order valence-electron chi connectivity index (χ2n) is 17.0. The fourth-order valence-electron chi connectivity index (χ4n) is 12.6. The lowest BCUT2D eigenvalue weighted by atomic mass is 9.33. The Bertz CT molecular complexity index is 1370. The van der Waals surface area contributed by atoms with Gasteiger partial charge in [-0.2, -0.15) is 0 Å². The Hall–Kier alpha value is -1.68. The number of Topliss-reactive ketones (excluding diaryl/α,β-unsaturated/α-hetero) is 1. The molecule has 0 spiro atoms. The number of ether oxygens (including phenoxy) is 1. The number of rotatable bonds is 5. The topological polar surface area (TPSA) is 60.4 Å². The van der Waals surface area contributed by atoms with Crippen molar-refractivity contribution >= 4 is 28.6 Å². The van der Waals surface area contributed by atoms with Crippen LogP contribution < -0.4 is 0 Å². The van der Waals surface area contributed by atoms with Crippen molar-refractivity contribution in [3.8, 4) is 0 Å². The van der Waals surface area contributed by atoms with Gasteiger partial charge < -0.3 is 4.74 Å². The number of halogens is 1. The molecule has 3 saturated carbocycles. The van der Waals surface area contributed by atoms with Crippen molar-refractivity contribution in [2.45, 2.75) is 126 Å². The summed E-state index contributed by atoms with van der Waals surface area (Å²) >= 11 is 6.43. The summed E-state index contributed by atoms with van der Waals surface area (Å²) in [5.41, 5.74) is 4.67. The van der Waals surface area contributed by atoms with Crippen LogP contribution in [0, 0.1) is 56.7 Å². The first-order chi connectivity index (χ1) is 20.6. The summed E-state index contributed by atoms with van der Waals surface area (Å²) in [5.74, 6) is 1.63. The number of ketones is 1. The van der Waals surface area contributed by atoms with Crippen LogP contribution in [0.4, 0.5) is 0 Å². The molecule has 0 heterocycles. The van der Waals surface area contributed by atoms with Crippen molar-refractivity contribution in [2.24, 2.45) is 56.7 Å². The van der Waals surface area contributed by atoms with E-state index in [0.29, 0.717) is 24.9 Å². The van der Waals surface area contributed by atoms with E-state index in [-0.39, 0.29) is 62.8 Å². The number of hydrogen-bond acceptors (Lipinski definition) is 4. The van der Waals surface area contributed by atoms with E-state index in [9.17, 15) is 14.4 Å². The maximum absolute atomic E-state index is 13.5. The van der Waals surface area contributed by atoms with Gasteiger partial charge in [0.2, 0.25) is 5.24 Å². The minimum Gasteiger partial charge on any atom is -0.466 e. The Kier molecular flexibility index (Phi) is 7.83. The minimum absolute atomic E-state index is 0.00704. The number of allylic oxidation sites excluding steroid dienone is 6. The zero-order valence-electron chi connectivity index (χ0n) is 28.5. The molecule has 0 aromatic carbocycles. The first-order valence-corrected chi connectivity index (χ1v) is 18.0. The van der Waals surface area contributed by atoms with Crippen LogP contribution in [0.2, 0.25) is 0 Å². The van der Waals surface area contributed by atoms with Crippen LogP contribution in [-0.4, -0.2) is 23.6 Å². The highest BCUT2D eigenvalue weighted by molar-refractivity contribution is 6.65. The molecule has 44 heavy (non-hydrogen) atoms. The smallest absolute Gasteiger partial charge is 0.309 e. The molecule has 8 atom stereocenters. The van der Waals surface area contributed by atoms with Gasteiger partial charge in [-0.25, -0.2) is 0 Å². The molecule has 0 N–H and O–H groups in total. The van der Waals surface area contributed by atoms with Crippen LogP contribution in [0.1, 0.15) is 126 Å². The van der Waals surface area contributed by atoms with Crippen molar-refractivity contribution in [1.29, 1.82) is 0 Å². The van der Waals surface area contributed by atoms with E-state index in [0.717, 1.165) is 56.1 Å². The molecule has 0 aromatic rings. The van der Waals surface area contributed by atoms with Crippen molar-refractivity contribution in [3.63, 3.8) is 0 Å². The third kappa shape index (κ3) is 4.24. The van der Waals surface area contributed by atoms with Gasteiger partial charge in [-0.05, 0) is 150 Å². The largest absolute Gasteiger partial charge is 0.466 e. The number of esters is 1. The average Bonchev–Trinajstić information content (AvgIpc) is 3.27. The lowest BCUT2D eigenvalue weighted by Crippen LogP contribution is -2.64. The average molecular weight is 623 g/mol. The maximum atomic E-state index is 13.5. The second-order valence-corrected chi connectivity index (χ2v) is 17.4. The summed E-state index contributed by atoms with van der Waals surface area (Å²) in [6, 6.07) is 0. The standard InChI is InChI=1S/C39H55ClO4/c1-9-44-33(42)25-12-10-24(11-13-25)26-16-18-36(6)29(35(26,4)5)17-19-38(8)30(36)15-14-27-32-31(23(2)3)28(41)22-39(32,34(40)43)21-20-37(27,38)7/h10,16,23,25,27,29-30H,9,11-15,17-22H2,1-8H3/t25?,27-,29+,30-,36+,37-,38-,39-/m1/s1. The molecule has 6 rings (SSSR count). The van der Waals surface area contributed by atoms with E-state index in [1.54, 1.807) is 0 Å². The highest BCUT2D eigenvalue weighted by Gasteiger charge is 2.70. The maximum Gasteiger partial charge on any atom is 0.309 e. The highest BCUT2D eigenvalue weighted by Crippen LogP contribution is 2.77. The zero-order valence-corrected chi connectivity index (χ0v) is 29.3. The molecule has 5 heteroatoms. The second kappa shape index (κ2) is 10.7. The molecular weight excluding hydrogens is 568 g/mol. The SMILES string of the molecule is CCOC(=O)C1CC=C(C2=CC[C@]3(C)[C@H]4CC[C@@H]5C6=C(C(C)C)C(=O)C[C@]6(C(=O)Cl)CC[C@@]5(C)[C@]4(C)CC[C@H]3C2(C)C)CC1. The van der Waals surface area contributed by atoms with E-state index >= 15 is 0 Å². The molecule has 0 saturated heterocycles. The first-order valence-electron chi connectivity index (χ1n) is 17.6. The summed E-state index contributed by atoms with van der Waals surface area (Å²) in [4.78, 5) is 39.0. The quantitative estimate of drug-likeness (QED) is 0.226. The molecule has 4 nitrogen and oxygen atoms in total. The van der Waals surface area contributed by atoms with E-state index in [1.165, 1.54) is 24.0 Å². The molecule has 6 aliphatic carbocycles. The molecule has 0 bridgehead atoms. The fraction of sp³-hybridized carbons (Fsp3) is 0.769. The first kappa shape index (κ1) is 32.3. The van der Waals surface area contributed by atoms with Crippen LogP contribution in [0.5, 0.6) is 0 Å². The van der Waals surface area contributed by atoms with Crippen LogP contribution in [0.15, 0.2) is 34.4 Å². The molecule has 3 fully saturated rings. The summed E-state index contributed by atoms with van der Waals surface area (Å²) in [5, 5.41) is -0.307. The van der Waals surface area contributed by atoms with Gasteiger partial charge in [0.15, 0.2) is 5.78 Å². The third-order valence-electron chi connectivity index (χ3n) is 14.8. The van der Waals surface area contributed by atoms with Gasteiger partial charge >= 0.3 is 5.97 Å². The predicted octanol–water partition coefficient (Wildman–Crippen LogP) is 9.56. The number of carbonyl (C=O) groups excluding carboxylic acids is 3. The van der Waals surface area contributed by atoms with Crippen LogP contribution in [-0.2, 0) is 19.1 Å². The Morgan fingerprint density at radius 1 is 0.955 bits per heavy atom. The number of fused-ring (bicyclic) bond motifs is 7. The summed E-state index contributed by atoms with van der Waals surface area (Å²) < 4.78 is 5.33. The number of hydrogen-bond donors (Lipinski definition) is 0. The lowest BCUT2D eigenvalue weighted by molar-refractivity contribution is -0.198. The van der Waals surface area contributed by atoms with Gasteiger partial charge in [0.05, 0.1) is 17.9 Å². The molecular formula is C39H55ClO4. The summed E-state index contributed by atoms with van der Waals surface area (Å²) in [7, 11) is 0. The Morgan fingerprint density at radius 2 is 1.68 bits per heavy atom. The molecule has 0 radical (unpaired) electrons. The summed E-state index contributed by atoms with van der Waals surface area (Å²) in [6.07, 6.45) is 15.2. The fourth-order valence-corrected chi connectivity index (χ4v) is 12.8. The van der Waals surface area contributed by atoms with E-state index in [1.807, 2.05) is 6.92 Å². The van der Waals surface area contributed by atoms with Crippen LogP contribution >= 0.6 is 11.6 Å². The van der Waals surface area contributed by atoms with E-state index in [4.69, 9.17) is 16.3 Å². The molecule has 242 valence electrons. The molecule has 0 aromatic heterocycles. The highest BCUT2D eigenvalue weighted by atomic mass is 35.5. The normalized spacial score (nSPS) is 42.9. The molecule has 0 amide bonds. The van der Waals surface area contributed by atoms with Gasteiger partial charge in [0, 0.05) is 6.42 Å². The number of carbonyl (C=O) groups is 3. The summed E-state index contributed by atoms with van der Waals surface area (Å²) in [6.45, 7) is 19.2. The van der Waals surface area contributed by atoms with Crippen LogP contribution in [0.3, 0.4) is 0 Å². The monoisotopic (exact) mass is 622 g/mol. The third-order valence-corrected chi connectivity index (χ3v) is 15.1. The van der Waals surface area contributed by atoms with Gasteiger partial charge in [0.25, 0.3) is 0 Å². The Balaban J connectivity index is 1.34. The van der Waals surface area contributed by atoms with Crippen molar-refractivity contribution in [2.75, 3.05) is 6.61 Å². The molecule has 0 aliphatic heterocycles. The lowest BCUT2D eigenvalue weighted by Gasteiger charge is -2.71. The molecule has 6 aliphatic rings.